The molecule has 0 aliphatic carbocycles. The number of hydrogen-bond acceptors (Lipinski definition) is 4. The highest BCUT2D eigenvalue weighted by molar-refractivity contribution is 6.32. The van der Waals surface area contributed by atoms with E-state index in [-0.39, 0.29) is 22.7 Å². The Morgan fingerprint density at radius 1 is 1.33 bits per heavy atom. The van der Waals surface area contributed by atoms with Crippen molar-refractivity contribution in [1.29, 1.82) is 0 Å². The molecule has 0 radical (unpaired) electrons. The third-order valence-electron chi connectivity index (χ3n) is 3.13. The molecular formula is C15H27ClN4O. The summed E-state index contributed by atoms with van der Waals surface area (Å²) in [5, 5.41) is 7.78. The number of nitrogens with zero attached hydrogens (tertiary/aromatic N) is 3. The van der Waals surface area contributed by atoms with E-state index < -0.39 is 0 Å². The fourth-order valence-electron chi connectivity index (χ4n) is 2.32. The molecule has 1 unspecified atom stereocenters. The molecule has 1 N–H and O–H groups in total. The van der Waals surface area contributed by atoms with Gasteiger partial charge < -0.3 is 10.2 Å². The van der Waals surface area contributed by atoms with Crippen LogP contribution in [0.4, 0.5) is 5.69 Å². The average molecular weight is 315 g/mol. The number of anilines is 1. The number of likely N-dealkylation sites (N-methyl/N-ethyl adjacent to an activating group) is 1. The zero-order chi connectivity index (χ0) is 16.2. The summed E-state index contributed by atoms with van der Waals surface area (Å²) in [4.78, 5) is 14.3. The number of halogens is 1. The Hall–Kier alpha value is -1.07. The zero-order valence-electron chi connectivity index (χ0n) is 13.9. The summed E-state index contributed by atoms with van der Waals surface area (Å²) in [5.74, 6) is 0.560. The van der Waals surface area contributed by atoms with Crippen LogP contribution in [-0.4, -0.2) is 41.4 Å². The summed E-state index contributed by atoms with van der Waals surface area (Å²) in [6.45, 7) is 9.06. The second-order valence-corrected chi connectivity index (χ2v) is 6.83. The number of aromatic nitrogens is 2. The number of hydrogen-bond donors (Lipinski definition) is 1. The van der Waals surface area contributed by atoms with E-state index in [0.29, 0.717) is 11.6 Å². The second kappa shape index (κ2) is 7.80. The standard InChI is InChI=1S/C15H27ClN4O/c1-10(2)7-12(9-19(5)6)18-13-8-17-20(11(3)4)15(21)14(13)16/h8,10-12,18H,7,9H2,1-6H3. The lowest BCUT2D eigenvalue weighted by Crippen LogP contribution is -2.35. The molecule has 0 saturated heterocycles. The molecule has 5 nitrogen and oxygen atoms in total. The lowest BCUT2D eigenvalue weighted by atomic mass is 10.0. The molecule has 21 heavy (non-hydrogen) atoms. The highest BCUT2D eigenvalue weighted by atomic mass is 35.5. The van der Waals surface area contributed by atoms with Crippen LogP contribution >= 0.6 is 11.6 Å². The lowest BCUT2D eigenvalue weighted by Gasteiger charge is -2.25. The molecule has 1 heterocycles. The minimum atomic E-state index is -0.246. The quantitative estimate of drug-likeness (QED) is 0.841. The molecule has 0 aromatic carbocycles. The van der Waals surface area contributed by atoms with E-state index in [9.17, 15) is 4.79 Å². The molecule has 1 atom stereocenters. The molecule has 120 valence electrons. The maximum absolute atomic E-state index is 12.2. The number of nitrogens with one attached hydrogen (secondary N) is 1. The smallest absolute Gasteiger partial charge is 0.287 e. The molecule has 1 rings (SSSR count). The predicted octanol–water partition coefficient (Wildman–Crippen LogP) is 2.87. The van der Waals surface area contributed by atoms with Crippen LogP contribution in [0.5, 0.6) is 0 Å². The van der Waals surface area contributed by atoms with Crippen molar-refractivity contribution in [3.63, 3.8) is 0 Å². The van der Waals surface area contributed by atoms with Crippen molar-refractivity contribution in [3.8, 4) is 0 Å². The van der Waals surface area contributed by atoms with Gasteiger partial charge in [-0.2, -0.15) is 5.10 Å². The third-order valence-corrected chi connectivity index (χ3v) is 3.50. The van der Waals surface area contributed by atoms with Gasteiger partial charge in [-0.25, -0.2) is 4.68 Å². The molecule has 0 fully saturated rings. The Morgan fingerprint density at radius 3 is 2.43 bits per heavy atom. The van der Waals surface area contributed by atoms with E-state index in [4.69, 9.17) is 11.6 Å². The van der Waals surface area contributed by atoms with Crippen LogP contribution in [0.2, 0.25) is 5.02 Å². The Labute approximate surface area is 132 Å². The van der Waals surface area contributed by atoms with Crippen molar-refractivity contribution in [2.24, 2.45) is 5.92 Å². The predicted molar refractivity (Wildman–Crippen MR) is 89.3 cm³/mol. The van der Waals surface area contributed by atoms with Crippen molar-refractivity contribution < 1.29 is 0 Å². The second-order valence-electron chi connectivity index (χ2n) is 6.45. The van der Waals surface area contributed by atoms with Gasteiger partial charge >= 0.3 is 0 Å². The molecule has 0 amide bonds. The Morgan fingerprint density at radius 2 is 1.95 bits per heavy atom. The van der Waals surface area contributed by atoms with Gasteiger partial charge in [0.25, 0.3) is 5.56 Å². The Balaban J connectivity index is 2.98. The first kappa shape index (κ1) is 18.0. The molecule has 6 heteroatoms. The Bertz CT molecular complexity index is 501. The van der Waals surface area contributed by atoms with Gasteiger partial charge in [0.2, 0.25) is 0 Å². The van der Waals surface area contributed by atoms with E-state index in [1.54, 1.807) is 6.20 Å². The van der Waals surface area contributed by atoms with Gasteiger partial charge in [0, 0.05) is 12.6 Å². The topological polar surface area (TPSA) is 50.2 Å². The molecule has 0 saturated carbocycles. The van der Waals surface area contributed by atoms with Gasteiger partial charge in [-0.05, 0) is 40.3 Å². The fraction of sp³-hybridized carbons (Fsp3) is 0.733. The normalized spacial score (nSPS) is 13.2. The first-order valence-corrected chi connectivity index (χ1v) is 7.78. The monoisotopic (exact) mass is 314 g/mol. The summed E-state index contributed by atoms with van der Waals surface area (Å²) < 4.78 is 1.40. The van der Waals surface area contributed by atoms with Crippen molar-refractivity contribution in [2.45, 2.75) is 46.2 Å². The van der Waals surface area contributed by atoms with Crippen LogP contribution in [0.3, 0.4) is 0 Å². The molecule has 1 aromatic rings. The maximum Gasteiger partial charge on any atom is 0.287 e. The van der Waals surface area contributed by atoms with Gasteiger partial charge in [0.1, 0.15) is 5.02 Å². The van der Waals surface area contributed by atoms with Gasteiger partial charge in [-0.1, -0.05) is 25.4 Å². The number of rotatable bonds is 7. The van der Waals surface area contributed by atoms with Gasteiger partial charge in [-0.15, -0.1) is 0 Å². The van der Waals surface area contributed by atoms with Gasteiger partial charge in [-0.3, -0.25) is 4.79 Å². The highest BCUT2D eigenvalue weighted by Crippen LogP contribution is 2.19. The summed E-state index contributed by atoms with van der Waals surface area (Å²) in [6, 6.07) is 0.228. The summed E-state index contributed by atoms with van der Waals surface area (Å²) in [5.41, 5.74) is 0.371. The average Bonchev–Trinajstić information content (AvgIpc) is 2.33. The molecular weight excluding hydrogens is 288 g/mol. The highest BCUT2D eigenvalue weighted by Gasteiger charge is 2.16. The van der Waals surface area contributed by atoms with Crippen LogP contribution in [0.1, 0.15) is 40.2 Å². The van der Waals surface area contributed by atoms with E-state index in [1.165, 1.54) is 4.68 Å². The van der Waals surface area contributed by atoms with E-state index in [1.807, 2.05) is 27.9 Å². The summed E-state index contributed by atoms with van der Waals surface area (Å²) in [6.07, 6.45) is 2.65. The molecule has 0 aliphatic rings. The van der Waals surface area contributed by atoms with Crippen LogP contribution in [0.15, 0.2) is 11.0 Å². The van der Waals surface area contributed by atoms with Crippen LogP contribution in [0, 0.1) is 5.92 Å². The minimum Gasteiger partial charge on any atom is -0.378 e. The summed E-state index contributed by atoms with van der Waals surface area (Å²) in [7, 11) is 4.07. The van der Waals surface area contributed by atoms with Crippen LogP contribution in [0.25, 0.3) is 0 Å². The van der Waals surface area contributed by atoms with Crippen molar-refractivity contribution in [2.75, 3.05) is 26.0 Å². The van der Waals surface area contributed by atoms with E-state index in [2.05, 4.69) is 29.2 Å². The molecule has 1 aromatic heterocycles. The van der Waals surface area contributed by atoms with Crippen LogP contribution in [-0.2, 0) is 0 Å². The lowest BCUT2D eigenvalue weighted by molar-refractivity contribution is 0.356. The van der Waals surface area contributed by atoms with E-state index >= 15 is 0 Å². The third kappa shape index (κ3) is 5.32. The van der Waals surface area contributed by atoms with Crippen molar-refractivity contribution >= 4 is 17.3 Å². The first-order valence-electron chi connectivity index (χ1n) is 7.41. The van der Waals surface area contributed by atoms with Crippen molar-refractivity contribution in [1.82, 2.24) is 14.7 Å². The SMILES string of the molecule is CC(C)CC(CN(C)C)Nc1cnn(C(C)C)c(=O)c1Cl. The Kier molecular flexibility index (Phi) is 6.68. The fourth-order valence-corrected chi connectivity index (χ4v) is 2.51. The summed E-state index contributed by atoms with van der Waals surface area (Å²) >= 11 is 6.21. The maximum atomic E-state index is 12.2. The van der Waals surface area contributed by atoms with E-state index in [0.717, 1.165) is 13.0 Å². The van der Waals surface area contributed by atoms with Gasteiger partial charge in [0.05, 0.1) is 17.9 Å². The molecule has 0 spiro atoms. The van der Waals surface area contributed by atoms with Crippen LogP contribution < -0.4 is 10.9 Å². The largest absolute Gasteiger partial charge is 0.378 e. The molecule has 0 aliphatic heterocycles. The van der Waals surface area contributed by atoms with Gasteiger partial charge in [0.15, 0.2) is 0 Å². The van der Waals surface area contributed by atoms with Crippen molar-refractivity contribution in [3.05, 3.63) is 21.6 Å². The molecule has 0 bridgehead atoms. The minimum absolute atomic E-state index is 0.00251. The zero-order valence-corrected chi connectivity index (χ0v) is 14.6. The first-order chi connectivity index (χ1) is 9.72.